The van der Waals surface area contributed by atoms with Gasteiger partial charge < -0.3 is 15.7 Å². The van der Waals surface area contributed by atoms with Crippen molar-refractivity contribution in [3.8, 4) is 0 Å². The van der Waals surface area contributed by atoms with E-state index in [1.54, 1.807) is 6.92 Å². The van der Waals surface area contributed by atoms with Crippen molar-refractivity contribution in [1.29, 1.82) is 0 Å². The van der Waals surface area contributed by atoms with Crippen molar-refractivity contribution in [3.63, 3.8) is 0 Å². The van der Waals surface area contributed by atoms with Crippen LogP contribution in [0.3, 0.4) is 0 Å². The van der Waals surface area contributed by atoms with Gasteiger partial charge in [0.25, 0.3) is 0 Å². The van der Waals surface area contributed by atoms with Gasteiger partial charge in [0.1, 0.15) is 5.54 Å². The molecule has 1 aliphatic heterocycles. The molecule has 0 aliphatic carbocycles. The van der Waals surface area contributed by atoms with Gasteiger partial charge in [0, 0.05) is 13.1 Å². The van der Waals surface area contributed by atoms with Crippen molar-refractivity contribution in [2.75, 3.05) is 19.6 Å². The summed E-state index contributed by atoms with van der Waals surface area (Å²) in [5.41, 5.74) is 4.92. The molecule has 0 aromatic rings. The van der Waals surface area contributed by atoms with Crippen molar-refractivity contribution in [3.05, 3.63) is 0 Å². The number of carboxylic acids is 1. The SMILES string of the molecule is CC(N)(CN1CCC(C(C)(C)C)C1)C(=O)O. The molecule has 4 nitrogen and oxygen atoms in total. The van der Waals surface area contributed by atoms with E-state index in [0.29, 0.717) is 17.9 Å². The van der Waals surface area contributed by atoms with Crippen LogP contribution in [-0.4, -0.2) is 41.1 Å². The zero-order valence-corrected chi connectivity index (χ0v) is 10.8. The molecule has 0 spiro atoms. The minimum Gasteiger partial charge on any atom is -0.480 e. The fourth-order valence-corrected chi connectivity index (χ4v) is 2.22. The minimum absolute atomic E-state index is 0.295. The van der Waals surface area contributed by atoms with Gasteiger partial charge in [-0.1, -0.05) is 20.8 Å². The first-order chi connectivity index (χ1) is 7.13. The lowest BCUT2D eigenvalue weighted by Crippen LogP contribution is -2.53. The highest BCUT2D eigenvalue weighted by Gasteiger charge is 2.36. The molecule has 4 heteroatoms. The third-order valence-electron chi connectivity index (χ3n) is 3.54. The Morgan fingerprint density at radius 2 is 2.00 bits per heavy atom. The Kier molecular flexibility index (Phi) is 3.65. The summed E-state index contributed by atoms with van der Waals surface area (Å²) < 4.78 is 0. The Bertz CT molecular complexity index is 269. The largest absolute Gasteiger partial charge is 0.480 e. The maximum Gasteiger partial charge on any atom is 0.324 e. The van der Waals surface area contributed by atoms with Gasteiger partial charge in [0.05, 0.1) is 0 Å². The predicted molar refractivity (Wildman–Crippen MR) is 64.2 cm³/mol. The minimum atomic E-state index is -1.13. The number of carbonyl (C=O) groups is 1. The number of hydrogen-bond donors (Lipinski definition) is 2. The van der Waals surface area contributed by atoms with Gasteiger partial charge in [-0.15, -0.1) is 0 Å². The van der Waals surface area contributed by atoms with Crippen molar-refractivity contribution >= 4 is 5.97 Å². The molecule has 1 rings (SSSR count). The van der Waals surface area contributed by atoms with E-state index in [4.69, 9.17) is 10.8 Å². The first-order valence-corrected chi connectivity index (χ1v) is 5.87. The number of nitrogens with zero attached hydrogens (tertiary/aromatic N) is 1. The topological polar surface area (TPSA) is 66.6 Å². The van der Waals surface area contributed by atoms with Gasteiger partial charge in [-0.2, -0.15) is 0 Å². The van der Waals surface area contributed by atoms with E-state index >= 15 is 0 Å². The summed E-state index contributed by atoms with van der Waals surface area (Å²) in [5, 5.41) is 8.98. The summed E-state index contributed by atoms with van der Waals surface area (Å²) in [6, 6.07) is 0. The average Bonchev–Trinajstić information content (AvgIpc) is 2.50. The smallest absolute Gasteiger partial charge is 0.324 e. The molecule has 1 heterocycles. The highest BCUT2D eigenvalue weighted by Crippen LogP contribution is 2.33. The zero-order chi connectivity index (χ0) is 12.6. The third kappa shape index (κ3) is 3.19. The summed E-state index contributed by atoms with van der Waals surface area (Å²) in [7, 11) is 0. The fraction of sp³-hybridized carbons (Fsp3) is 0.917. The maximum atomic E-state index is 10.9. The first-order valence-electron chi connectivity index (χ1n) is 5.87. The highest BCUT2D eigenvalue weighted by atomic mass is 16.4. The van der Waals surface area contributed by atoms with E-state index < -0.39 is 11.5 Å². The Morgan fingerprint density at radius 1 is 1.44 bits per heavy atom. The predicted octanol–water partition coefficient (Wildman–Crippen LogP) is 1.16. The van der Waals surface area contributed by atoms with Crippen molar-refractivity contribution in [2.45, 2.75) is 39.7 Å². The van der Waals surface area contributed by atoms with Crippen molar-refractivity contribution in [2.24, 2.45) is 17.1 Å². The molecule has 1 fully saturated rings. The van der Waals surface area contributed by atoms with Gasteiger partial charge in [-0.05, 0) is 31.2 Å². The summed E-state index contributed by atoms with van der Waals surface area (Å²) in [4.78, 5) is 13.1. The van der Waals surface area contributed by atoms with Crippen LogP contribution in [0.2, 0.25) is 0 Å². The van der Waals surface area contributed by atoms with Crippen LogP contribution in [0.25, 0.3) is 0 Å². The van der Waals surface area contributed by atoms with Gasteiger partial charge in [-0.3, -0.25) is 4.79 Å². The molecule has 1 saturated heterocycles. The summed E-state index contributed by atoms with van der Waals surface area (Å²) in [6.07, 6.45) is 1.14. The molecule has 0 amide bonds. The molecule has 0 radical (unpaired) electrons. The number of nitrogens with two attached hydrogens (primary N) is 1. The lowest BCUT2D eigenvalue weighted by atomic mass is 9.80. The van der Waals surface area contributed by atoms with E-state index in [1.165, 1.54) is 0 Å². The number of aliphatic carboxylic acids is 1. The number of rotatable bonds is 3. The molecule has 16 heavy (non-hydrogen) atoms. The summed E-state index contributed by atoms with van der Waals surface area (Å²) in [5.74, 6) is -0.288. The monoisotopic (exact) mass is 228 g/mol. The maximum absolute atomic E-state index is 10.9. The third-order valence-corrected chi connectivity index (χ3v) is 3.54. The van der Waals surface area contributed by atoms with E-state index in [-0.39, 0.29) is 0 Å². The van der Waals surface area contributed by atoms with Crippen LogP contribution in [0.15, 0.2) is 0 Å². The van der Waals surface area contributed by atoms with Gasteiger partial charge in [0.2, 0.25) is 0 Å². The zero-order valence-electron chi connectivity index (χ0n) is 10.8. The summed E-state index contributed by atoms with van der Waals surface area (Å²) >= 11 is 0. The first kappa shape index (κ1) is 13.5. The van der Waals surface area contributed by atoms with Crippen LogP contribution in [0.4, 0.5) is 0 Å². The van der Waals surface area contributed by atoms with Crippen molar-refractivity contribution in [1.82, 2.24) is 4.90 Å². The Morgan fingerprint density at radius 3 is 2.38 bits per heavy atom. The molecule has 0 bridgehead atoms. The van der Waals surface area contributed by atoms with Crippen LogP contribution in [0.1, 0.15) is 34.1 Å². The van der Waals surface area contributed by atoms with Crippen LogP contribution < -0.4 is 5.73 Å². The second-order valence-corrected chi connectivity index (χ2v) is 6.31. The van der Waals surface area contributed by atoms with Crippen LogP contribution in [-0.2, 0) is 4.79 Å². The van der Waals surface area contributed by atoms with E-state index in [0.717, 1.165) is 19.5 Å². The van der Waals surface area contributed by atoms with Crippen LogP contribution >= 0.6 is 0 Å². The molecule has 2 unspecified atom stereocenters. The van der Waals surface area contributed by atoms with Crippen LogP contribution in [0, 0.1) is 11.3 Å². The second-order valence-electron chi connectivity index (χ2n) is 6.31. The number of hydrogen-bond acceptors (Lipinski definition) is 3. The lowest BCUT2D eigenvalue weighted by molar-refractivity contribution is -0.143. The highest BCUT2D eigenvalue weighted by molar-refractivity contribution is 5.78. The van der Waals surface area contributed by atoms with Gasteiger partial charge in [0.15, 0.2) is 0 Å². The van der Waals surface area contributed by atoms with E-state index in [9.17, 15) is 4.79 Å². The van der Waals surface area contributed by atoms with Crippen LogP contribution in [0.5, 0.6) is 0 Å². The standard InChI is InChI=1S/C12H24N2O2/c1-11(2,3)9-5-6-14(7-9)8-12(4,13)10(15)16/h9H,5-8,13H2,1-4H3,(H,15,16). The Labute approximate surface area is 97.8 Å². The second kappa shape index (κ2) is 4.34. The molecular formula is C12H24N2O2. The average molecular weight is 228 g/mol. The molecule has 1 aliphatic rings. The molecule has 0 saturated carbocycles. The molecular weight excluding hydrogens is 204 g/mol. The van der Waals surface area contributed by atoms with E-state index in [1.807, 2.05) is 0 Å². The van der Waals surface area contributed by atoms with Crippen molar-refractivity contribution < 1.29 is 9.90 Å². The quantitative estimate of drug-likeness (QED) is 0.760. The normalized spacial score (nSPS) is 26.7. The molecule has 2 atom stereocenters. The van der Waals surface area contributed by atoms with Gasteiger partial charge >= 0.3 is 5.97 Å². The molecule has 0 aromatic carbocycles. The fourth-order valence-electron chi connectivity index (χ4n) is 2.22. The Hall–Kier alpha value is -0.610. The molecule has 94 valence electrons. The van der Waals surface area contributed by atoms with E-state index in [2.05, 4.69) is 25.7 Å². The van der Waals surface area contributed by atoms with Gasteiger partial charge in [-0.25, -0.2) is 0 Å². The lowest BCUT2D eigenvalue weighted by Gasteiger charge is -2.29. The molecule has 0 aromatic heterocycles. The Balaban J connectivity index is 2.52. The number of carboxylic acid groups (broad SMARTS) is 1. The molecule has 3 N–H and O–H groups in total. The summed E-state index contributed by atoms with van der Waals surface area (Å²) in [6.45, 7) is 10.7. The number of likely N-dealkylation sites (tertiary alicyclic amines) is 1.